The molecule has 0 spiro atoms. The lowest BCUT2D eigenvalue weighted by Gasteiger charge is -2.32. The number of fused-ring (bicyclic) bond motifs is 1. The number of anilines is 2. The van der Waals surface area contributed by atoms with Crippen LogP contribution in [0, 0.1) is 11.7 Å². The van der Waals surface area contributed by atoms with Crippen LogP contribution in [0.2, 0.25) is 5.02 Å². The van der Waals surface area contributed by atoms with Crippen molar-refractivity contribution in [2.24, 2.45) is 5.92 Å². The molecule has 2 saturated heterocycles. The second-order valence-corrected chi connectivity index (χ2v) is 10.6. The van der Waals surface area contributed by atoms with Crippen LogP contribution in [0.1, 0.15) is 26.2 Å². The molecule has 152 valence electrons. The number of thiazole rings is 1. The molecule has 0 unspecified atom stereocenters. The van der Waals surface area contributed by atoms with Crippen LogP contribution in [0.3, 0.4) is 0 Å². The summed E-state index contributed by atoms with van der Waals surface area (Å²) in [5, 5.41) is 5.24. The second-order valence-electron chi connectivity index (χ2n) is 7.64. The first kappa shape index (κ1) is 19.9. The van der Waals surface area contributed by atoms with Gasteiger partial charge in [-0.15, -0.1) is 11.3 Å². The summed E-state index contributed by atoms with van der Waals surface area (Å²) in [5.74, 6) is -0.213. The van der Waals surface area contributed by atoms with Gasteiger partial charge in [-0.2, -0.15) is 0 Å². The molecule has 0 amide bonds. The van der Waals surface area contributed by atoms with Crippen molar-refractivity contribution in [3.05, 3.63) is 34.5 Å². The van der Waals surface area contributed by atoms with Crippen molar-refractivity contribution in [1.82, 2.24) is 9.88 Å². The molecule has 2 atom stereocenters. The molecule has 10 heteroatoms. The Morgan fingerprint density at radius 3 is 3.04 bits per heavy atom. The van der Waals surface area contributed by atoms with Crippen molar-refractivity contribution in [1.29, 1.82) is 0 Å². The van der Waals surface area contributed by atoms with Crippen LogP contribution in [0.25, 0.3) is 0 Å². The van der Waals surface area contributed by atoms with Crippen LogP contribution < -0.4 is 10.0 Å². The quantitative estimate of drug-likeness (QED) is 0.703. The number of nitrogens with one attached hydrogen (secondary N) is 2. The maximum absolute atomic E-state index is 14.6. The molecule has 2 fully saturated rings. The summed E-state index contributed by atoms with van der Waals surface area (Å²) in [6.07, 6.45) is 4.84. The minimum atomic E-state index is -4.10. The topological polar surface area (TPSA) is 74.3 Å². The summed E-state index contributed by atoms with van der Waals surface area (Å²) >= 11 is 7.41. The van der Waals surface area contributed by atoms with E-state index in [2.05, 4.69) is 26.8 Å². The van der Waals surface area contributed by atoms with Gasteiger partial charge in [-0.1, -0.05) is 18.5 Å². The van der Waals surface area contributed by atoms with E-state index < -0.39 is 20.7 Å². The molecular formula is C18H22ClFN4O2S2. The van der Waals surface area contributed by atoms with Crippen molar-refractivity contribution >= 4 is 43.8 Å². The predicted molar refractivity (Wildman–Crippen MR) is 110 cm³/mol. The van der Waals surface area contributed by atoms with E-state index in [1.54, 1.807) is 5.38 Å². The highest BCUT2D eigenvalue weighted by Crippen LogP contribution is 2.42. The number of rotatable bonds is 6. The SMILES string of the molecule is C[C@@H]1CN2CCC[C@]2(CNc2cc(F)c(S(=O)(=O)Nc3nccs3)cc2Cl)C1. The minimum Gasteiger partial charge on any atom is -0.382 e. The van der Waals surface area contributed by atoms with Gasteiger partial charge in [0.2, 0.25) is 0 Å². The average Bonchev–Trinajstić information content (AvgIpc) is 3.31. The molecule has 3 heterocycles. The van der Waals surface area contributed by atoms with Crippen molar-refractivity contribution in [3.63, 3.8) is 0 Å². The summed E-state index contributed by atoms with van der Waals surface area (Å²) < 4.78 is 41.8. The third kappa shape index (κ3) is 3.72. The Morgan fingerprint density at radius 1 is 1.46 bits per heavy atom. The Kier molecular flexibility index (Phi) is 5.28. The maximum atomic E-state index is 14.6. The minimum absolute atomic E-state index is 0.0797. The van der Waals surface area contributed by atoms with Crippen molar-refractivity contribution < 1.29 is 12.8 Å². The first-order valence-electron chi connectivity index (χ1n) is 9.19. The molecule has 6 nitrogen and oxygen atoms in total. The first-order chi connectivity index (χ1) is 13.3. The van der Waals surface area contributed by atoms with Crippen LogP contribution in [0.4, 0.5) is 15.2 Å². The van der Waals surface area contributed by atoms with Gasteiger partial charge in [0.1, 0.15) is 10.7 Å². The molecular weight excluding hydrogens is 423 g/mol. The van der Waals surface area contributed by atoms with E-state index in [0.29, 0.717) is 18.2 Å². The molecule has 0 aliphatic carbocycles. The normalized spacial score (nSPS) is 25.0. The number of hydrogen-bond donors (Lipinski definition) is 2. The standard InChI is InChI=1S/C18H22ClFN4O2S2/c1-12-9-18(3-2-5-24(18)10-12)11-22-15-8-14(20)16(7-13(15)19)28(25,26)23-17-21-4-6-27-17/h4,6-8,12,22H,2-3,5,9-11H2,1H3,(H,21,23)/t12-,18+/m0/s1. The molecule has 1 aromatic heterocycles. The first-order valence-corrected chi connectivity index (χ1v) is 11.9. The average molecular weight is 445 g/mol. The molecule has 0 radical (unpaired) electrons. The van der Waals surface area contributed by atoms with Gasteiger partial charge in [0.05, 0.1) is 10.7 Å². The third-order valence-corrected chi connectivity index (χ3v) is 8.06. The van der Waals surface area contributed by atoms with Gasteiger partial charge < -0.3 is 5.32 Å². The third-order valence-electron chi connectivity index (χ3n) is 5.57. The summed E-state index contributed by atoms with van der Waals surface area (Å²) in [4.78, 5) is 5.88. The van der Waals surface area contributed by atoms with Gasteiger partial charge in [0, 0.05) is 30.2 Å². The lowest BCUT2D eigenvalue weighted by molar-refractivity contribution is 0.209. The zero-order chi connectivity index (χ0) is 19.9. The lowest BCUT2D eigenvalue weighted by Crippen LogP contribution is -2.44. The Balaban J connectivity index is 1.53. The van der Waals surface area contributed by atoms with Gasteiger partial charge in [-0.3, -0.25) is 9.62 Å². The number of sulfonamides is 1. The van der Waals surface area contributed by atoms with E-state index in [0.717, 1.165) is 55.8 Å². The highest BCUT2D eigenvalue weighted by molar-refractivity contribution is 7.93. The van der Waals surface area contributed by atoms with E-state index in [9.17, 15) is 12.8 Å². The van der Waals surface area contributed by atoms with Crippen LogP contribution in [-0.2, 0) is 10.0 Å². The van der Waals surface area contributed by atoms with Gasteiger partial charge in [-0.25, -0.2) is 17.8 Å². The smallest absolute Gasteiger partial charge is 0.266 e. The Hall–Kier alpha value is -1.42. The number of nitrogens with zero attached hydrogens (tertiary/aromatic N) is 2. The maximum Gasteiger partial charge on any atom is 0.266 e. The van der Waals surface area contributed by atoms with Crippen LogP contribution in [0.15, 0.2) is 28.6 Å². The zero-order valence-corrected chi connectivity index (χ0v) is 17.8. The Bertz CT molecular complexity index is 970. The molecule has 28 heavy (non-hydrogen) atoms. The largest absolute Gasteiger partial charge is 0.382 e. The fraction of sp³-hybridized carbons (Fsp3) is 0.500. The van der Waals surface area contributed by atoms with Gasteiger partial charge >= 0.3 is 0 Å². The van der Waals surface area contributed by atoms with Crippen LogP contribution in [-0.4, -0.2) is 43.5 Å². The van der Waals surface area contributed by atoms with Crippen LogP contribution >= 0.6 is 22.9 Å². The second kappa shape index (κ2) is 7.44. The number of aromatic nitrogens is 1. The van der Waals surface area contributed by atoms with E-state index in [1.165, 1.54) is 6.20 Å². The Morgan fingerprint density at radius 2 is 2.29 bits per heavy atom. The van der Waals surface area contributed by atoms with Crippen molar-refractivity contribution in [3.8, 4) is 0 Å². The van der Waals surface area contributed by atoms with Crippen molar-refractivity contribution in [2.75, 3.05) is 29.7 Å². The van der Waals surface area contributed by atoms with Gasteiger partial charge in [0.15, 0.2) is 5.13 Å². The lowest BCUT2D eigenvalue weighted by atomic mass is 9.90. The molecule has 2 N–H and O–H groups in total. The summed E-state index contributed by atoms with van der Waals surface area (Å²) in [6.45, 7) is 5.10. The number of benzene rings is 1. The molecule has 0 saturated carbocycles. The summed E-state index contributed by atoms with van der Waals surface area (Å²) in [7, 11) is -4.10. The van der Waals surface area contributed by atoms with E-state index in [1.807, 2.05) is 0 Å². The van der Waals surface area contributed by atoms with E-state index >= 15 is 0 Å². The monoisotopic (exact) mass is 444 g/mol. The highest BCUT2D eigenvalue weighted by Gasteiger charge is 2.46. The number of hydrogen-bond acceptors (Lipinski definition) is 6. The van der Waals surface area contributed by atoms with Crippen molar-refractivity contribution in [2.45, 2.75) is 36.6 Å². The molecule has 2 aliphatic rings. The fourth-order valence-electron chi connectivity index (χ4n) is 4.45. The molecule has 2 aromatic rings. The van der Waals surface area contributed by atoms with Crippen LogP contribution in [0.5, 0.6) is 0 Å². The summed E-state index contributed by atoms with van der Waals surface area (Å²) in [5.41, 5.74) is 0.490. The fourth-order valence-corrected chi connectivity index (χ4v) is 6.62. The molecule has 0 bridgehead atoms. The molecule has 4 rings (SSSR count). The number of halogens is 2. The Labute approximate surface area is 173 Å². The van der Waals surface area contributed by atoms with Gasteiger partial charge in [-0.05, 0) is 43.9 Å². The molecule has 2 aliphatic heterocycles. The summed E-state index contributed by atoms with van der Waals surface area (Å²) in [6, 6.07) is 2.31. The molecule has 1 aromatic carbocycles. The van der Waals surface area contributed by atoms with Gasteiger partial charge in [0.25, 0.3) is 10.0 Å². The highest BCUT2D eigenvalue weighted by atomic mass is 35.5. The predicted octanol–water partition coefficient (Wildman–Crippen LogP) is 4.02. The zero-order valence-electron chi connectivity index (χ0n) is 15.4. The van der Waals surface area contributed by atoms with E-state index in [-0.39, 0.29) is 15.7 Å². The van der Waals surface area contributed by atoms with E-state index in [4.69, 9.17) is 11.6 Å².